The van der Waals surface area contributed by atoms with Gasteiger partial charge in [0, 0.05) is 0 Å². The van der Waals surface area contributed by atoms with E-state index in [2.05, 4.69) is 0 Å². The highest BCUT2D eigenvalue weighted by molar-refractivity contribution is 6.02. The number of ether oxygens (including phenoxy) is 5. The molecule has 5 unspecified atom stereocenters. The minimum absolute atomic E-state index is 0.0368. The van der Waals surface area contributed by atoms with Crippen molar-refractivity contribution < 1.29 is 47.6 Å². The molecule has 0 radical (unpaired) electrons. The fourth-order valence-corrected chi connectivity index (χ4v) is 8.65. The summed E-state index contributed by atoms with van der Waals surface area (Å²) in [6.07, 6.45) is 0.433. The molecule has 0 bridgehead atoms. The Labute approximate surface area is 214 Å². The SMILES string of the molecule is COC(=O)[C@@H]1O[C@@]12[C@](C)(C(=O)c1ccoc1)CCC1[C@@H](C)OC3(OC4CC(=O)OC(C)(C)C4C3O)[C@]12C. The van der Waals surface area contributed by atoms with Gasteiger partial charge in [-0.05, 0) is 52.5 Å². The molecule has 6 rings (SSSR count). The lowest BCUT2D eigenvalue weighted by molar-refractivity contribution is -0.305. The molecule has 4 saturated heterocycles. The number of cyclic esters (lactones) is 1. The first-order valence-electron chi connectivity index (χ1n) is 12.9. The molecule has 2 spiro atoms. The second-order valence-corrected chi connectivity index (χ2v) is 12.2. The lowest BCUT2D eigenvalue weighted by Crippen LogP contribution is -2.69. The van der Waals surface area contributed by atoms with Crippen molar-refractivity contribution in [1.82, 2.24) is 0 Å². The summed E-state index contributed by atoms with van der Waals surface area (Å²) in [5.74, 6) is -3.72. The van der Waals surface area contributed by atoms with E-state index in [9.17, 15) is 19.5 Å². The topological polar surface area (TPSA) is 134 Å². The number of aliphatic hydroxyl groups is 1. The monoisotopic (exact) mass is 518 g/mol. The Morgan fingerprint density at radius 3 is 2.51 bits per heavy atom. The quantitative estimate of drug-likeness (QED) is 0.361. The highest BCUT2D eigenvalue weighted by Gasteiger charge is 2.91. The highest BCUT2D eigenvalue weighted by Crippen LogP contribution is 2.77. The number of methoxy groups -OCH3 is 1. The van der Waals surface area contributed by atoms with E-state index in [-0.39, 0.29) is 24.2 Å². The number of carbonyl (C=O) groups excluding carboxylic acids is 3. The number of epoxide rings is 1. The van der Waals surface area contributed by atoms with Gasteiger partial charge in [-0.1, -0.05) is 6.92 Å². The number of aliphatic hydroxyl groups excluding tert-OH is 1. The van der Waals surface area contributed by atoms with Crippen LogP contribution in [0.15, 0.2) is 23.0 Å². The third-order valence-electron chi connectivity index (χ3n) is 10.3. The minimum Gasteiger partial charge on any atom is -0.472 e. The van der Waals surface area contributed by atoms with Crippen molar-refractivity contribution in [2.45, 2.75) is 95.3 Å². The van der Waals surface area contributed by atoms with Gasteiger partial charge in [0.25, 0.3) is 0 Å². The summed E-state index contributed by atoms with van der Waals surface area (Å²) in [5, 5.41) is 12.0. The molecule has 1 saturated carbocycles. The van der Waals surface area contributed by atoms with Crippen molar-refractivity contribution in [3.05, 3.63) is 24.2 Å². The highest BCUT2D eigenvalue weighted by atomic mass is 16.7. The van der Waals surface area contributed by atoms with Crippen LogP contribution in [0.5, 0.6) is 0 Å². The Morgan fingerprint density at radius 2 is 1.86 bits per heavy atom. The minimum atomic E-state index is -1.65. The van der Waals surface area contributed by atoms with E-state index >= 15 is 0 Å². The van der Waals surface area contributed by atoms with Gasteiger partial charge in [-0.2, -0.15) is 0 Å². The molecule has 0 amide bonds. The standard InChI is InChI=1S/C27H34O10/c1-13-15-7-9-24(4,19(29)14-8-10-33-12-14)26(21(37-26)22(31)32-6)25(15,5)27(34-13)20(30)18-16(35-27)11-17(28)36-23(18,2)3/h8,10,12-13,15-16,18,20-21,30H,7,9,11H2,1-6H3/t13-,15?,16?,18?,20?,21+,24+,25-,26-,27?/m1/s1. The van der Waals surface area contributed by atoms with Gasteiger partial charge in [-0.25, -0.2) is 4.79 Å². The van der Waals surface area contributed by atoms with E-state index < -0.39 is 64.0 Å². The number of esters is 2. The Morgan fingerprint density at radius 1 is 1.14 bits per heavy atom. The average Bonchev–Trinajstić information content (AvgIpc) is 3.10. The number of carbonyl (C=O) groups is 3. The number of furan rings is 1. The lowest BCUT2D eigenvalue weighted by atomic mass is 9.45. The van der Waals surface area contributed by atoms with Gasteiger partial charge in [0.05, 0.1) is 54.3 Å². The molecule has 202 valence electrons. The Balaban J connectivity index is 1.55. The number of rotatable bonds is 3. The van der Waals surface area contributed by atoms with E-state index in [0.29, 0.717) is 18.4 Å². The maximum atomic E-state index is 14.1. The third-order valence-corrected chi connectivity index (χ3v) is 10.3. The Kier molecular flexibility index (Phi) is 5.03. The van der Waals surface area contributed by atoms with Gasteiger partial charge in [-0.3, -0.25) is 9.59 Å². The zero-order valence-electron chi connectivity index (χ0n) is 21.9. The second kappa shape index (κ2) is 7.43. The second-order valence-electron chi connectivity index (χ2n) is 12.2. The summed E-state index contributed by atoms with van der Waals surface area (Å²) in [4.78, 5) is 39.6. The average molecular weight is 519 g/mol. The number of Topliss-reactive ketones (excluding diaryl/α,β-unsaturated/α-hetero) is 1. The van der Waals surface area contributed by atoms with E-state index in [1.165, 1.54) is 19.6 Å². The third kappa shape index (κ3) is 2.72. The summed E-state index contributed by atoms with van der Waals surface area (Å²) >= 11 is 0. The molecule has 1 aromatic heterocycles. The largest absolute Gasteiger partial charge is 0.472 e. The molecule has 5 heterocycles. The molecule has 4 aliphatic heterocycles. The molecular weight excluding hydrogens is 484 g/mol. The van der Waals surface area contributed by atoms with Crippen LogP contribution in [0.3, 0.4) is 0 Å². The molecular formula is C27H34O10. The van der Waals surface area contributed by atoms with Crippen LogP contribution in [0.4, 0.5) is 0 Å². The van der Waals surface area contributed by atoms with Crippen LogP contribution >= 0.6 is 0 Å². The lowest BCUT2D eigenvalue weighted by Gasteiger charge is -2.56. The molecule has 1 aliphatic carbocycles. The molecule has 5 fully saturated rings. The Bertz CT molecular complexity index is 1160. The number of fused-ring (bicyclic) bond motifs is 4. The van der Waals surface area contributed by atoms with E-state index in [0.717, 1.165) is 0 Å². The molecule has 1 aromatic rings. The maximum absolute atomic E-state index is 14.1. The molecule has 10 heteroatoms. The van der Waals surface area contributed by atoms with Gasteiger partial charge in [-0.15, -0.1) is 0 Å². The van der Waals surface area contributed by atoms with Crippen LogP contribution in [0.2, 0.25) is 0 Å². The van der Waals surface area contributed by atoms with Crippen molar-refractivity contribution >= 4 is 17.7 Å². The summed E-state index contributed by atoms with van der Waals surface area (Å²) in [7, 11) is 1.28. The summed E-state index contributed by atoms with van der Waals surface area (Å²) in [5.41, 5.74) is -4.42. The molecule has 0 aromatic carbocycles. The zero-order chi connectivity index (χ0) is 26.8. The van der Waals surface area contributed by atoms with Crippen molar-refractivity contribution in [2.24, 2.45) is 22.7 Å². The van der Waals surface area contributed by atoms with Crippen molar-refractivity contribution in [3.8, 4) is 0 Å². The van der Waals surface area contributed by atoms with Gasteiger partial charge in [0.15, 0.2) is 11.9 Å². The fourth-order valence-electron chi connectivity index (χ4n) is 8.65. The number of hydrogen-bond donors (Lipinski definition) is 1. The maximum Gasteiger partial charge on any atom is 0.338 e. The first-order chi connectivity index (χ1) is 17.3. The van der Waals surface area contributed by atoms with Crippen LogP contribution in [-0.2, 0) is 33.3 Å². The predicted molar refractivity (Wildman–Crippen MR) is 124 cm³/mol. The van der Waals surface area contributed by atoms with Gasteiger partial charge >= 0.3 is 11.9 Å². The molecule has 5 aliphatic rings. The molecule has 1 N–H and O–H groups in total. The molecule has 10 atom stereocenters. The van der Waals surface area contributed by atoms with Crippen LogP contribution in [-0.4, -0.2) is 71.3 Å². The zero-order valence-corrected chi connectivity index (χ0v) is 21.9. The summed E-state index contributed by atoms with van der Waals surface area (Å²) in [6.45, 7) is 9.10. The van der Waals surface area contributed by atoms with E-state index in [1.807, 2.05) is 13.8 Å². The van der Waals surface area contributed by atoms with Crippen LogP contribution in [0.1, 0.15) is 64.2 Å². The predicted octanol–water partition coefficient (Wildman–Crippen LogP) is 2.41. The number of ketones is 1. The Hall–Kier alpha value is -2.27. The number of hydrogen-bond acceptors (Lipinski definition) is 10. The summed E-state index contributed by atoms with van der Waals surface area (Å²) in [6, 6.07) is 1.59. The van der Waals surface area contributed by atoms with Crippen molar-refractivity contribution in [3.63, 3.8) is 0 Å². The van der Waals surface area contributed by atoms with E-state index in [4.69, 9.17) is 28.1 Å². The van der Waals surface area contributed by atoms with Gasteiger partial charge < -0.3 is 33.2 Å². The van der Waals surface area contributed by atoms with Crippen molar-refractivity contribution in [1.29, 1.82) is 0 Å². The smallest absolute Gasteiger partial charge is 0.338 e. The van der Waals surface area contributed by atoms with Gasteiger partial charge in [0.2, 0.25) is 5.79 Å². The fraction of sp³-hybridized carbons (Fsp3) is 0.741. The van der Waals surface area contributed by atoms with Crippen LogP contribution in [0, 0.1) is 22.7 Å². The van der Waals surface area contributed by atoms with Crippen LogP contribution in [0.25, 0.3) is 0 Å². The first-order valence-corrected chi connectivity index (χ1v) is 12.9. The van der Waals surface area contributed by atoms with Crippen molar-refractivity contribution in [2.75, 3.05) is 7.11 Å². The van der Waals surface area contributed by atoms with Gasteiger partial charge in [0.1, 0.15) is 23.6 Å². The molecule has 10 nitrogen and oxygen atoms in total. The molecule has 37 heavy (non-hydrogen) atoms. The van der Waals surface area contributed by atoms with Crippen LogP contribution < -0.4 is 0 Å². The van der Waals surface area contributed by atoms with E-state index in [1.54, 1.807) is 26.8 Å². The summed E-state index contributed by atoms with van der Waals surface area (Å²) < 4.78 is 35.5. The normalized spacial score (nSPS) is 49.4. The first kappa shape index (κ1) is 25.0.